The lowest BCUT2D eigenvalue weighted by Crippen LogP contribution is -2.11. The van der Waals surface area contributed by atoms with Crippen molar-refractivity contribution in [3.63, 3.8) is 0 Å². The molecule has 0 bridgehead atoms. The Balaban J connectivity index is 2.02. The number of hydrogen-bond donors (Lipinski definition) is 2. The van der Waals surface area contributed by atoms with Gasteiger partial charge in [-0.05, 0) is 47.4 Å². The van der Waals surface area contributed by atoms with Crippen LogP contribution in [0.15, 0.2) is 41.3 Å². The highest BCUT2D eigenvalue weighted by molar-refractivity contribution is 9.10. The van der Waals surface area contributed by atoms with E-state index in [-0.39, 0.29) is 0 Å². The van der Waals surface area contributed by atoms with E-state index in [1.165, 1.54) is 12.8 Å². The third kappa shape index (κ3) is 4.16. The van der Waals surface area contributed by atoms with Crippen molar-refractivity contribution in [2.24, 2.45) is 5.73 Å². The van der Waals surface area contributed by atoms with E-state index in [1.807, 2.05) is 16.6 Å². The molecular weight excluding hydrogens is 380 g/mol. The molecule has 132 valence electrons. The molecule has 25 heavy (non-hydrogen) atoms. The maximum Gasteiger partial charge on any atom is 0.171 e. The zero-order chi connectivity index (χ0) is 17.6. The molecule has 3 rings (SSSR count). The lowest BCUT2D eigenvalue weighted by molar-refractivity contribution is 0.542. The van der Waals surface area contributed by atoms with E-state index in [0.717, 1.165) is 40.2 Å². The number of unbranched alkanes of at least 4 members (excludes halogenated alkanes) is 1. The third-order valence-electron chi connectivity index (χ3n) is 4.24. The Labute approximate surface area is 156 Å². The summed E-state index contributed by atoms with van der Waals surface area (Å²) in [6.07, 6.45) is 9.67. The van der Waals surface area contributed by atoms with Gasteiger partial charge in [0.2, 0.25) is 0 Å². The SMILES string of the molecule is CCCCC(CCN)c1cc(Nc2ccncc2)n2ncc(Br)c2n1. The van der Waals surface area contributed by atoms with Crippen molar-refractivity contribution >= 4 is 33.1 Å². The van der Waals surface area contributed by atoms with Crippen LogP contribution in [0, 0.1) is 0 Å². The van der Waals surface area contributed by atoms with Gasteiger partial charge in [-0.3, -0.25) is 4.98 Å². The molecule has 0 amide bonds. The summed E-state index contributed by atoms with van der Waals surface area (Å²) in [5.41, 5.74) is 8.68. The molecule has 1 unspecified atom stereocenters. The minimum Gasteiger partial charge on any atom is -0.340 e. The Kier molecular flexibility index (Phi) is 5.99. The van der Waals surface area contributed by atoms with Crippen LogP contribution >= 0.6 is 15.9 Å². The molecule has 1 atom stereocenters. The molecule has 0 spiro atoms. The van der Waals surface area contributed by atoms with Gasteiger partial charge in [0.15, 0.2) is 5.65 Å². The Morgan fingerprint density at radius 3 is 2.80 bits per heavy atom. The summed E-state index contributed by atoms with van der Waals surface area (Å²) in [7, 11) is 0. The Hall–Kier alpha value is -1.99. The van der Waals surface area contributed by atoms with Gasteiger partial charge in [-0.1, -0.05) is 19.8 Å². The zero-order valence-electron chi connectivity index (χ0n) is 14.3. The van der Waals surface area contributed by atoms with Crippen LogP contribution in [0.25, 0.3) is 5.65 Å². The summed E-state index contributed by atoms with van der Waals surface area (Å²) in [5, 5.41) is 7.85. The largest absolute Gasteiger partial charge is 0.340 e. The minimum absolute atomic E-state index is 0.356. The fraction of sp³-hybridized carbons (Fsp3) is 0.389. The Morgan fingerprint density at radius 2 is 2.08 bits per heavy atom. The van der Waals surface area contributed by atoms with Gasteiger partial charge in [0.05, 0.1) is 10.7 Å². The molecule has 7 heteroatoms. The lowest BCUT2D eigenvalue weighted by atomic mass is 9.94. The van der Waals surface area contributed by atoms with Crippen molar-refractivity contribution in [3.8, 4) is 0 Å². The fourth-order valence-electron chi connectivity index (χ4n) is 2.93. The topological polar surface area (TPSA) is 81.1 Å². The quantitative estimate of drug-likeness (QED) is 0.588. The van der Waals surface area contributed by atoms with E-state index >= 15 is 0 Å². The van der Waals surface area contributed by atoms with Crippen LogP contribution in [-0.2, 0) is 0 Å². The molecule has 0 aromatic carbocycles. The van der Waals surface area contributed by atoms with E-state index in [9.17, 15) is 0 Å². The second-order valence-electron chi connectivity index (χ2n) is 6.07. The highest BCUT2D eigenvalue weighted by Gasteiger charge is 2.17. The average molecular weight is 403 g/mol. The van der Waals surface area contributed by atoms with E-state index in [0.29, 0.717) is 12.5 Å². The van der Waals surface area contributed by atoms with Crippen molar-refractivity contribution in [2.75, 3.05) is 11.9 Å². The molecular formula is C18H23BrN6. The maximum absolute atomic E-state index is 5.85. The number of halogens is 1. The van der Waals surface area contributed by atoms with Crippen molar-refractivity contribution in [1.82, 2.24) is 19.6 Å². The van der Waals surface area contributed by atoms with Gasteiger partial charge in [0.1, 0.15) is 5.82 Å². The first kappa shape index (κ1) is 17.8. The van der Waals surface area contributed by atoms with Crippen molar-refractivity contribution in [1.29, 1.82) is 0 Å². The second kappa shape index (κ2) is 8.40. The van der Waals surface area contributed by atoms with E-state index < -0.39 is 0 Å². The van der Waals surface area contributed by atoms with Gasteiger partial charge in [-0.15, -0.1) is 0 Å². The summed E-state index contributed by atoms with van der Waals surface area (Å²) in [6.45, 7) is 2.87. The van der Waals surface area contributed by atoms with Gasteiger partial charge in [0, 0.05) is 35.8 Å². The Bertz CT molecular complexity index is 817. The number of anilines is 2. The average Bonchev–Trinajstić information content (AvgIpc) is 3.01. The first-order chi connectivity index (χ1) is 12.2. The molecule has 0 aliphatic carbocycles. The molecule has 0 saturated carbocycles. The molecule has 0 aliphatic heterocycles. The molecule has 0 fully saturated rings. The summed E-state index contributed by atoms with van der Waals surface area (Å²) in [4.78, 5) is 8.92. The van der Waals surface area contributed by atoms with Crippen LogP contribution in [0.5, 0.6) is 0 Å². The monoisotopic (exact) mass is 402 g/mol. The zero-order valence-corrected chi connectivity index (χ0v) is 15.9. The van der Waals surface area contributed by atoms with Crippen LogP contribution < -0.4 is 11.1 Å². The molecule has 3 aromatic heterocycles. The number of nitrogens with zero attached hydrogens (tertiary/aromatic N) is 4. The summed E-state index contributed by atoms with van der Waals surface area (Å²) < 4.78 is 2.70. The van der Waals surface area contributed by atoms with Crippen molar-refractivity contribution in [3.05, 3.63) is 47.0 Å². The standard InChI is InChI=1S/C18H23BrN6/c1-2-3-4-13(5-8-20)16-11-17(23-14-6-9-21-10-7-14)25-18(24-16)15(19)12-22-25/h6-7,9-13H,2-5,8,20H2,1H3,(H,21,23). The van der Waals surface area contributed by atoms with Crippen LogP contribution in [0.1, 0.15) is 44.2 Å². The lowest BCUT2D eigenvalue weighted by Gasteiger charge is -2.17. The highest BCUT2D eigenvalue weighted by Crippen LogP contribution is 2.29. The maximum atomic E-state index is 5.85. The van der Waals surface area contributed by atoms with Crippen molar-refractivity contribution < 1.29 is 0 Å². The van der Waals surface area contributed by atoms with E-state index in [1.54, 1.807) is 18.6 Å². The van der Waals surface area contributed by atoms with Crippen LogP contribution in [0.2, 0.25) is 0 Å². The van der Waals surface area contributed by atoms with Gasteiger partial charge >= 0.3 is 0 Å². The number of fused-ring (bicyclic) bond motifs is 1. The summed E-state index contributed by atoms with van der Waals surface area (Å²) >= 11 is 3.55. The number of nitrogens with two attached hydrogens (primary N) is 1. The van der Waals surface area contributed by atoms with E-state index in [4.69, 9.17) is 10.7 Å². The molecule has 0 aliphatic rings. The van der Waals surface area contributed by atoms with Gasteiger partial charge in [0.25, 0.3) is 0 Å². The summed E-state index contributed by atoms with van der Waals surface area (Å²) in [5.74, 6) is 1.24. The predicted octanol–water partition coefficient (Wildman–Crippen LogP) is 4.25. The molecule has 6 nitrogen and oxygen atoms in total. The fourth-order valence-corrected chi connectivity index (χ4v) is 3.28. The number of rotatable bonds is 8. The number of pyridine rings is 1. The smallest absolute Gasteiger partial charge is 0.171 e. The minimum atomic E-state index is 0.356. The number of hydrogen-bond acceptors (Lipinski definition) is 5. The second-order valence-corrected chi connectivity index (χ2v) is 6.93. The van der Waals surface area contributed by atoms with E-state index in [2.05, 4.69) is 44.3 Å². The number of aromatic nitrogens is 4. The van der Waals surface area contributed by atoms with Gasteiger partial charge < -0.3 is 11.1 Å². The first-order valence-electron chi connectivity index (χ1n) is 8.64. The third-order valence-corrected chi connectivity index (χ3v) is 4.80. The van der Waals surface area contributed by atoms with Crippen molar-refractivity contribution in [2.45, 2.75) is 38.5 Å². The normalized spacial score (nSPS) is 12.4. The number of nitrogens with one attached hydrogen (secondary N) is 1. The Morgan fingerprint density at radius 1 is 1.28 bits per heavy atom. The predicted molar refractivity (Wildman–Crippen MR) is 104 cm³/mol. The molecule has 0 saturated heterocycles. The van der Waals surface area contributed by atoms with Crippen LogP contribution in [-0.4, -0.2) is 26.1 Å². The van der Waals surface area contributed by atoms with Crippen LogP contribution in [0.3, 0.4) is 0 Å². The molecule has 0 radical (unpaired) electrons. The first-order valence-corrected chi connectivity index (χ1v) is 9.43. The molecule has 3 N–H and O–H groups in total. The highest BCUT2D eigenvalue weighted by atomic mass is 79.9. The van der Waals surface area contributed by atoms with Gasteiger partial charge in [-0.2, -0.15) is 9.61 Å². The summed E-state index contributed by atoms with van der Waals surface area (Å²) in [6, 6.07) is 5.95. The molecule has 3 heterocycles. The van der Waals surface area contributed by atoms with Crippen LogP contribution in [0.4, 0.5) is 11.5 Å². The molecule has 3 aromatic rings. The van der Waals surface area contributed by atoms with Gasteiger partial charge in [-0.25, -0.2) is 4.98 Å².